The number of anilines is 1. The molecule has 0 aliphatic heterocycles. The van der Waals surface area contributed by atoms with Crippen LogP contribution in [0.25, 0.3) is 17.1 Å². The van der Waals surface area contributed by atoms with Gasteiger partial charge in [0.2, 0.25) is 5.91 Å². The van der Waals surface area contributed by atoms with Gasteiger partial charge in [-0.3, -0.25) is 14.3 Å². The number of pyridine rings is 1. The number of aromatic nitrogens is 4. The number of hydrogen-bond acceptors (Lipinski definition) is 6. The summed E-state index contributed by atoms with van der Waals surface area (Å²) in [6, 6.07) is 16.7. The van der Waals surface area contributed by atoms with Crippen molar-refractivity contribution in [2.24, 2.45) is 0 Å². The Morgan fingerprint density at radius 2 is 1.84 bits per heavy atom. The van der Waals surface area contributed by atoms with Crippen molar-refractivity contribution in [1.82, 2.24) is 19.7 Å². The van der Waals surface area contributed by atoms with Crippen LogP contribution in [0.2, 0.25) is 5.02 Å². The third-order valence-electron chi connectivity index (χ3n) is 4.62. The number of amides is 1. The number of halogens is 1. The molecule has 1 N–H and O–H groups in total. The molecular weight excluding hydrogens is 446 g/mol. The number of nitrogens with zero attached hydrogens (tertiary/aromatic N) is 4. The van der Waals surface area contributed by atoms with Gasteiger partial charge in [-0.15, -0.1) is 10.2 Å². The van der Waals surface area contributed by atoms with Gasteiger partial charge in [-0.05, 0) is 61.0 Å². The van der Waals surface area contributed by atoms with Crippen molar-refractivity contribution >= 4 is 35.0 Å². The Kier molecular flexibility index (Phi) is 6.72. The number of aryl methyl sites for hydroxylation is 1. The third kappa shape index (κ3) is 4.92. The van der Waals surface area contributed by atoms with Gasteiger partial charge in [0.15, 0.2) is 11.0 Å². The Morgan fingerprint density at radius 3 is 2.56 bits per heavy atom. The van der Waals surface area contributed by atoms with Gasteiger partial charge in [0, 0.05) is 28.7 Å². The monoisotopic (exact) mass is 465 g/mol. The third-order valence-corrected chi connectivity index (χ3v) is 5.80. The van der Waals surface area contributed by atoms with E-state index in [2.05, 4.69) is 20.5 Å². The van der Waals surface area contributed by atoms with E-state index >= 15 is 0 Å². The van der Waals surface area contributed by atoms with E-state index in [1.807, 2.05) is 54.0 Å². The molecule has 0 fully saturated rings. The maximum Gasteiger partial charge on any atom is 0.234 e. The van der Waals surface area contributed by atoms with Crippen LogP contribution in [-0.2, 0) is 4.79 Å². The van der Waals surface area contributed by atoms with Crippen LogP contribution in [0.4, 0.5) is 5.69 Å². The molecule has 2 aromatic heterocycles. The summed E-state index contributed by atoms with van der Waals surface area (Å²) in [5.41, 5.74) is 3.37. The van der Waals surface area contributed by atoms with Gasteiger partial charge < -0.3 is 10.1 Å². The molecule has 0 aliphatic carbocycles. The first-order valence-electron chi connectivity index (χ1n) is 9.74. The lowest BCUT2D eigenvalue weighted by Gasteiger charge is -2.12. The second-order valence-electron chi connectivity index (χ2n) is 6.89. The summed E-state index contributed by atoms with van der Waals surface area (Å²) in [6.07, 6.45) is 3.40. The van der Waals surface area contributed by atoms with Gasteiger partial charge in [-0.25, -0.2) is 0 Å². The predicted octanol–water partition coefficient (Wildman–Crippen LogP) is 5.03. The summed E-state index contributed by atoms with van der Waals surface area (Å²) in [5.74, 6) is 1.24. The first-order valence-corrected chi connectivity index (χ1v) is 11.1. The lowest BCUT2D eigenvalue weighted by Crippen LogP contribution is -2.15. The van der Waals surface area contributed by atoms with Gasteiger partial charge in [-0.1, -0.05) is 29.4 Å². The number of carbonyl (C=O) groups is 1. The molecule has 4 aromatic rings. The number of nitrogens with one attached hydrogen (secondary N) is 1. The Morgan fingerprint density at radius 1 is 1.09 bits per heavy atom. The number of methoxy groups -OCH3 is 1. The van der Waals surface area contributed by atoms with E-state index in [1.54, 1.807) is 31.6 Å². The minimum Gasteiger partial charge on any atom is -0.495 e. The molecule has 0 bridgehead atoms. The molecule has 0 saturated heterocycles. The molecule has 0 saturated carbocycles. The molecule has 0 aliphatic rings. The highest BCUT2D eigenvalue weighted by Crippen LogP contribution is 2.29. The number of ether oxygens (including phenoxy) is 1. The largest absolute Gasteiger partial charge is 0.495 e. The van der Waals surface area contributed by atoms with Crippen molar-refractivity contribution in [3.05, 3.63) is 77.6 Å². The van der Waals surface area contributed by atoms with Crippen LogP contribution in [0, 0.1) is 6.92 Å². The molecule has 9 heteroatoms. The highest BCUT2D eigenvalue weighted by Gasteiger charge is 2.18. The minimum atomic E-state index is -0.171. The smallest absolute Gasteiger partial charge is 0.234 e. The quantitative estimate of drug-likeness (QED) is 0.385. The van der Waals surface area contributed by atoms with E-state index in [9.17, 15) is 4.79 Å². The predicted molar refractivity (Wildman–Crippen MR) is 127 cm³/mol. The van der Waals surface area contributed by atoms with Crippen molar-refractivity contribution in [3.63, 3.8) is 0 Å². The molecule has 0 atom stereocenters. The van der Waals surface area contributed by atoms with Crippen molar-refractivity contribution in [2.45, 2.75) is 12.1 Å². The fourth-order valence-electron chi connectivity index (χ4n) is 3.11. The normalized spacial score (nSPS) is 10.7. The van der Waals surface area contributed by atoms with Gasteiger partial charge in [0.25, 0.3) is 0 Å². The zero-order valence-electron chi connectivity index (χ0n) is 17.4. The highest BCUT2D eigenvalue weighted by molar-refractivity contribution is 7.99. The zero-order valence-corrected chi connectivity index (χ0v) is 19.0. The lowest BCUT2D eigenvalue weighted by molar-refractivity contribution is -0.113. The molecule has 0 radical (unpaired) electrons. The standard InChI is InChI=1S/C23H20ClN5O2S/c1-15-3-8-20(31-2)19(13-15)26-21(30)14-32-23-28-27-22(16-9-11-25-12-10-16)29(23)18-6-4-17(24)5-7-18/h3-13H,14H2,1-2H3,(H,26,30). The number of thioether (sulfide) groups is 1. The van der Waals surface area contributed by atoms with E-state index in [0.717, 1.165) is 16.8 Å². The molecular formula is C23H20ClN5O2S. The summed E-state index contributed by atoms with van der Waals surface area (Å²) in [4.78, 5) is 16.7. The van der Waals surface area contributed by atoms with E-state index < -0.39 is 0 Å². The zero-order chi connectivity index (χ0) is 22.5. The second kappa shape index (κ2) is 9.84. The Balaban J connectivity index is 1.59. The van der Waals surface area contributed by atoms with Crippen molar-refractivity contribution in [2.75, 3.05) is 18.2 Å². The molecule has 7 nitrogen and oxygen atoms in total. The summed E-state index contributed by atoms with van der Waals surface area (Å²) in [5, 5.41) is 12.8. The van der Waals surface area contributed by atoms with E-state index in [1.165, 1.54) is 11.8 Å². The summed E-state index contributed by atoms with van der Waals surface area (Å²) < 4.78 is 7.24. The summed E-state index contributed by atoms with van der Waals surface area (Å²) in [7, 11) is 1.57. The van der Waals surface area contributed by atoms with E-state index in [4.69, 9.17) is 16.3 Å². The van der Waals surface area contributed by atoms with Gasteiger partial charge in [-0.2, -0.15) is 0 Å². The van der Waals surface area contributed by atoms with Crippen LogP contribution in [0.15, 0.2) is 72.1 Å². The molecule has 2 heterocycles. The SMILES string of the molecule is COc1ccc(C)cc1NC(=O)CSc1nnc(-c2ccncc2)n1-c1ccc(Cl)cc1. The molecule has 4 rings (SSSR count). The summed E-state index contributed by atoms with van der Waals surface area (Å²) in [6.45, 7) is 1.96. The molecule has 1 amide bonds. The maximum absolute atomic E-state index is 12.7. The van der Waals surface area contributed by atoms with Gasteiger partial charge in [0.1, 0.15) is 5.75 Å². The highest BCUT2D eigenvalue weighted by atomic mass is 35.5. The molecule has 2 aromatic carbocycles. The Labute approximate surface area is 194 Å². The van der Waals surface area contributed by atoms with Gasteiger partial charge in [0.05, 0.1) is 18.6 Å². The van der Waals surface area contributed by atoms with Crippen molar-refractivity contribution < 1.29 is 9.53 Å². The van der Waals surface area contributed by atoms with Crippen LogP contribution in [-0.4, -0.2) is 38.5 Å². The van der Waals surface area contributed by atoms with Crippen LogP contribution in [0.3, 0.4) is 0 Å². The number of hydrogen-bond donors (Lipinski definition) is 1. The lowest BCUT2D eigenvalue weighted by atomic mass is 10.2. The molecule has 162 valence electrons. The van der Waals surface area contributed by atoms with Crippen LogP contribution in [0.5, 0.6) is 5.75 Å². The Hall–Kier alpha value is -3.36. The summed E-state index contributed by atoms with van der Waals surface area (Å²) >= 11 is 7.36. The van der Waals surface area contributed by atoms with Crippen molar-refractivity contribution in [1.29, 1.82) is 0 Å². The van der Waals surface area contributed by atoms with Crippen LogP contribution < -0.4 is 10.1 Å². The maximum atomic E-state index is 12.7. The minimum absolute atomic E-state index is 0.152. The molecule has 0 spiro atoms. The first kappa shape index (κ1) is 21.9. The van der Waals surface area contributed by atoms with Gasteiger partial charge >= 0.3 is 0 Å². The fourth-order valence-corrected chi connectivity index (χ4v) is 3.99. The molecule has 32 heavy (non-hydrogen) atoms. The fraction of sp³-hybridized carbons (Fsp3) is 0.130. The van der Waals surface area contributed by atoms with Crippen LogP contribution in [0.1, 0.15) is 5.56 Å². The number of benzene rings is 2. The number of carbonyl (C=O) groups excluding carboxylic acids is 1. The van der Waals surface area contributed by atoms with Crippen molar-refractivity contribution in [3.8, 4) is 22.8 Å². The topological polar surface area (TPSA) is 81.9 Å². The van der Waals surface area contributed by atoms with Crippen LogP contribution >= 0.6 is 23.4 Å². The average Bonchev–Trinajstić information content (AvgIpc) is 3.23. The van der Waals surface area contributed by atoms with E-state index in [-0.39, 0.29) is 11.7 Å². The average molecular weight is 466 g/mol. The number of rotatable bonds is 7. The molecule has 0 unspecified atom stereocenters. The van der Waals surface area contributed by atoms with E-state index in [0.29, 0.717) is 27.4 Å². The second-order valence-corrected chi connectivity index (χ2v) is 8.27. The first-order chi connectivity index (χ1) is 15.5. The Bertz CT molecular complexity index is 1230.